The van der Waals surface area contributed by atoms with Crippen LogP contribution in [0.3, 0.4) is 0 Å². The minimum absolute atomic E-state index is 0.0401. The highest BCUT2D eigenvalue weighted by atomic mass is 16.2. The molecule has 132 valence electrons. The normalized spacial score (nSPS) is 15.5. The van der Waals surface area contributed by atoms with Crippen LogP contribution in [0.5, 0.6) is 0 Å². The zero-order valence-corrected chi connectivity index (χ0v) is 14.6. The number of rotatable bonds is 7. The fraction of sp³-hybridized carbons (Fsp3) is 0.579. The van der Waals surface area contributed by atoms with E-state index in [0.29, 0.717) is 19.5 Å². The molecule has 0 unspecified atom stereocenters. The summed E-state index contributed by atoms with van der Waals surface area (Å²) in [4.78, 5) is 25.1. The van der Waals surface area contributed by atoms with Crippen LogP contribution >= 0.6 is 0 Å². The topological polar surface area (TPSA) is 61.4 Å². The van der Waals surface area contributed by atoms with E-state index in [1.54, 1.807) is 0 Å². The molecule has 0 bridgehead atoms. The first-order valence-corrected chi connectivity index (χ1v) is 8.95. The highest BCUT2D eigenvalue weighted by Crippen LogP contribution is 2.14. The number of hydrogen-bond donors (Lipinski definition) is 2. The van der Waals surface area contributed by atoms with E-state index < -0.39 is 0 Å². The zero-order chi connectivity index (χ0) is 17.2. The Hall–Kier alpha value is -1.88. The highest BCUT2D eigenvalue weighted by Gasteiger charge is 2.10. The SMILES string of the molecule is CC(=O)NCCC(=O)NCc1cccc(CN2CCCCCC2)c1. The molecule has 1 saturated heterocycles. The van der Waals surface area contributed by atoms with Gasteiger partial charge in [0.15, 0.2) is 0 Å². The van der Waals surface area contributed by atoms with Gasteiger partial charge in [-0.1, -0.05) is 37.1 Å². The molecule has 1 fully saturated rings. The van der Waals surface area contributed by atoms with E-state index in [0.717, 1.165) is 12.1 Å². The van der Waals surface area contributed by atoms with Crippen LogP contribution in [0.4, 0.5) is 0 Å². The van der Waals surface area contributed by atoms with Crippen LogP contribution in [0, 0.1) is 0 Å². The van der Waals surface area contributed by atoms with Crippen LogP contribution < -0.4 is 10.6 Å². The third kappa shape index (κ3) is 7.13. The van der Waals surface area contributed by atoms with Crippen LogP contribution in [-0.2, 0) is 22.7 Å². The van der Waals surface area contributed by atoms with Gasteiger partial charge in [-0.2, -0.15) is 0 Å². The van der Waals surface area contributed by atoms with Crippen LogP contribution in [0.15, 0.2) is 24.3 Å². The monoisotopic (exact) mass is 331 g/mol. The summed E-state index contributed by atoms with van der Waals surface area (Å²) in [6.45, 7) is 5.73. The second-order valence-corrected chi connectivity index (χ2v) is 6.52. The maximum atomic E-state index is 11.8. The van der Waals surface area contributed by atoms with Gasteiger partial charge in [0, 0.05) is 33.0 Å². The first-order valence-electron chi connectivity index (χ1n) is 8.95. The molecule has 0 saturated carbocycles. The van der Waals surface area contributed by atoms with Crippen molar-refractivity contribution in [2.45, 2.75) is 52.1 Å². The summed E-state index contributed by atoms with van der Waals surface area (Å²) in [5.74, 6) is -0.148. The molecular formula is C19H29N3O2. The Morgan fingerprint density at radius 2 is 1.75 bits per heavy atom. The van der Waals surface area contributed by atoms with E-state index in [1.165, 1.54) is 51.3 Å². The average molecular weight is 331 g/mol. The van der Waals surface area contributed by atoms with Crippen molar-refractivity contribution in [3.8, 4) is 0 Å². The van der Waals surface area contributed by atoms with E-state index in [1.807, 2.05) is 6.07 Å². The standard InChI is InChI=1S/C19H29N3O2/c1-16(23)20-10-9-19(24)21-14-17-7-6-8-18(13-17)15-22-11-4-2-3-5-12-22/h6-8,13H,2-5,9-12,14-15H2,1H3,(H,20,23)(H,21,24). The molecule has 0 radical (unpaired) electrons. The van der Waals surface area contributed by atoms with Crippen molar-refractivity contribution in [1.82, 2.24) is 15.5 Å². The number of carbonyl (C=O) groups excluding carboxylic acids is 2. The largest absolute Gasteiger partial charge is 0.356 e. The van der Waals surface area contributed by atoms with E-state index in [4.69, 9.17) is 0 Å². The van der Waals surface area contributed by atoms with Crippen molar-refractivity contribution in [2.75, 3.05) is 19.6 Å². The quantitative estimate of drug-likeness (QED) is 0.805. The fourth-order valence-electron chi connectivity index (χ4n) is 3.03. The second kappa shape index (κ2) is 10.1. The molecule has 1 aliphatic rings. The summed E-state index contributed by atoms with van der Waals surface area (Å²) >= 11 is 0. The van der Waals surface area contributed by atoms with Gasteiger partial charge in [0.05, 0.1) is 0 Å². The lowest BCUT2D eigenvalue weighted by molar-refractivity contribution is -0.121. The molecule has 24 heavy (non-hydrogen) atoms. The van der Waals surface area contributed by atoms with E-state index >= 15 is 0 Å². The van der Waals surface area contributed by atoms with Crippen LogP contribution in [0.25, 0.3) is 0 Å². The number of hydrogen-bond acceptors (Lipinski definition) is 3. The summed E-state index contributed by atoms with van der Waals surface area (Å²) < 4.78 is 0. The summed E-state index contributed by atoms with van der Waals surface area (Å²) in [6, 6.07) is 8.44. The molecular weight excluding hydrogens is 302 g/mol. The molecule has 5 nitrogen and oxygen atoms in total. The third-order valence-electron chi connectivity index (χ3n) is 4.31. The number of benzene rings is 1. The number of nitrogens with zero attached hydrogens (tertiary/aromatic N) is 1. The Labute approximate surface area is 144 Å². The van der Waals surface area contributed by atoms with Gasteiger partial charge in [0.1, 0.15) is 0 Å². The Morgan fingerprint density at radius 3 is 2.46 bits per heavy atom. The van der Waals surface area contributed by atoms with Gasteiger partial charge in [-0.15, -0.1) is 0 Å². The minimum Gasteiger partial charge on any atom is -0.356 e. The van der Waals surface area contributed by atoms with Crippen LogP contribution in [-0.4, -0.2) is 36.3 Å². The van der Waals surface area contributed by atoms with Crippen molar-refractivity contribution in [2.24, 2.45) is 0 Å². The van der Waals surface area contributed by atoms with Crippen molar-refractivity contribution in [3.05, 3.63) is 35.4 Å². The molecule has 0 aromatic heterocycles. The van der Waals surface area contributed by atoms with Crippen molar-refractivity contribution in [1.29, 1.82) is 0 Å². The maximum absolute atomic E-state index is 11.8. The molecule has 1 aliphatic heterocycles. The maximum Gasteiger partial charge on any atom is 0.222 e. The number of amides is 2. The van der Waals surface area contributed by atoms with Gasteiger partial charge >= 0.3 is 0 Å². The predicted octanol–water partition coefficient (Wildman–Crippen LogP) is 2.20. The van der Waals surface area contributed by atoms with E-state index in [9.17, 15) is 9.59 Å². The predicted molar refractivity (Wildman–Crippen MR) is 95.3 cm³/mol. The Bertz CT molecular complexity index is 537. The van der Waals surface area contributed by atoms with Gasteiger partial charge in [0.25, 0.3) is 0 Å². The summed E-state index contributed by atoms with van der Waals surface area (Å²) in [5, 5.41) is 5.54. The number of nitrogens with one attached hydrogen (secondary N) is 2. The summed E-state index contributed by atoms with van der Waals surface area (Å²) in [7, 11) is 0. The molecule has 1 heterocycles. The number of carbonyl (C=O) groups is 2. The smallest absolute Gasteiger partial charge is 0.222 e. The molecule has 1 aromatic carbocycles. The molecule has 2 amide bonds. The lowest BCUT2D eigenvalue weighted by Crippen LogP contribution is -2.29. The summed E-state index contributed by atoms with van der Waals surface area (Å²) in [6.07, 6.45) is 5.60. The van der Waals surface area contributed by atoms with Gasteiger partial charge < -0.3 is 10.6 Å². The third-order valence-corrected chi connectivity index (χ3v) is 4.31. The lowest BCUT2D eigenvalue weighted by atomic mass is 10.1. The molecule has 2 rings (SSSR count). The first-order chi connectivity index (χ1) is 11.6. The van der Waals surface area contributed by atoms with Crippen molar-refractivity contribution < 1.29 is 9.59 Å². The van der Waals surface area contributed by atoms with Gasteiger partial charge in [-0.05, 0) is 37.1 Å². The first kappa shape index (κ1) is 18.5. The molecule has 0 spiro atoms. The number of likely N-dealkylation sites (tertiary alicyclic amines) is 1. The molecule has 2 N–H and O–H groups in total. The minimum atomic E-state index is -0.107. The zero-order valence-electron chi connectivity index (χ0n) is 14.6. The molecule has 1 aromatic rings. The van der Waals surface area contributed by atoms with Crippen molar-refractivity contribution in [3.63, 3.8) is 0 Å². The lowest BCUT2D eigenvalue weighted by Gasteiger charge is -2.20. The van der Waals surface area contributed by atoms with Crippen LogP contribution in [0.1, 0.15) is 50.2 Å². The van der Waals surface area contributed by atoms with E-state index in [-0.39, 0.29) is 11.8 Å². The van der Waals surface area contributed by atoms with Crippen molar-refractivity contribution >= 4 is 11.8 Å². The van der Waals surface area contributed by atoms with Gasteiger partial charge in [0.2, 0.25) is 11.8 Å². The van der Waals surface area contributed by atoms with Gasteiger partial charge in [-0.25, -0.2) is 0 Å². The molecule has 5 heteroatoms. The van der Waals surface area contributed by atoms with Crippen LogP contribution in [0.2, 0.25) is 0 Å². The second-order valence-electron chi connectivity index (χ2n) is 6.52. The highest BCUT2D eigenvalue weighted by molar-refractivity contribution is 5.77. The molecule has 0 aliphatic carbocycles. The fourth-order valence-corrected chi connectivity index (χ4v) is 3.03. The summed E-state index contributed by atoms with van der Waals surface area (Å²) in [5.41, 5.74) is 2.43. The Kier molecular flexibility index (Phi) is 7.75. The molecule has 0 atom stereocenters. The average Bonchev–Trinajstić information content (AvgIpc) is 2.82. The van der Waals surface area contributed by atoms with Gasteiger partial charge in [-0.3, -0.25) is 14.5 Å². The van der Waals surface area contributed by atoms with E-state index in [2.05, 4.69) is 33.7 Å². The Balaban J connectivity index is 1.77. The Morgan fingerprint density at radius 1 is 1.04 bits per heavy atom.